The summed E-state index contributed by atoms with van der Waals surface area (Å²) in [5, 5.41) is 8.91. The van der Waals surface area contributed by atoms with Crippen molar-refractivity contribution in [1.82, 2.24) is 24.5 Å². The first-order valence-electron chi connectivity index (χ1n) is 10.1. The molecular weight excluding hydrogens is 478 g/mol. The lowest BCUT2D eigenvalue weighted by molar-refractivity contribution is -0.140. The number of aromatic nitrogens is 4. The normalized spacial score (nSPS) is 13.4. The molecule has 2 aromatic carbocycles. The number of hydrogen-bond acceptors (Lipinski definition) is 5. The highest BCUT2D eigenvalue weighted by atomic mass is 32.2. The number of halogens is 4. The number of hydrogen-bond donors (Lipinski definition) is 2. The summed E-state index contributed by atoms with van der Waals surface area (Å²) in [6.45, 7) is 3.44. The van der Waals surface area contributed by atoms with Crippen LogP contribution in [-0.4, -0.2) is 28.2 Å². The Morgan fingerprint density at radius 2 is 1.91 bits per heavy atom. The monoisotopic (exact) mass is 497 g/mol. The summed E-state index contributed by atoms with van der Waals surface area (Å²) in [5.41, 5.74) is -0.769. The topological polar surface area (TPSA) is 102 Å². The lowest BCUT2D eigenvalue weighted by atomic mass is 10.2. The van der Waals surface area contributed by atoms with Gasteiger partial charge in [-0.1, -0.05) is 5.10 Å². The van der Waals surface area contributed by atoms with Crippen molar-refractivity contribution >= 4 is 20.9 Å². The number of nitrogens with one attached hydrogen (secondary N) is 2. The van der Waals surface area contributed by atoms with Crippen LogP contribution in [0.4, 0.5) is 17.6 Å². The molecule has 0 saturated carbocycles. The van der Waals surface area contributed by atoms with Gasteiger partial charge in [0.05, 0.1) is 16.5 Å². The Balaban J connectivity index is 1.61. The van der Waals surface area contributed by atoms with E-state index in [2.05, 4.69) is 19.9 Å². The van der Waals surface area contributed by atoms with E-state index in [1.165, 1.54) is 11.5 Å². The predicted octanol–water partition coefficient (Wildman–Crippen LogP) is 4.77. The molecule has 0 spiro atoms. The summed E-state index contributed by atoms with van der Waals surface area (Å²) in [7, 11) is -4.69. The molecule has 0 amide bonds. The maximum absolute atomic E-state index is 13.4. The minimum Gasteiger partial charge on any atom is -0.424 e. The van der Waals surface area contributed by atoms with Crippen LogP contribution >= 0.6 is 0 Å². The van der Waals surface area contributed by atoms with Crippen LogP contribution in [0.5, 0.6) is 11.8 Å². The smallest absolute Gasteiger partial charge is 0.417 e. The average Bonchev–Trinajstić information content (AvgIpc) is 3.38. The van der Waals surface area contributed by atoms with Gasteiger partial charge in [-0.05, 0) is 55.6 Å². The van der Waals surface area contributed by atoms with Gasteiger partial charge in [-0.25, -0.2) is 17.5 Å². The number of fused-ring (bicyclic) bond motifs is 1. The molecule has 34 heavy (non-hydrogen) atoms. The summed E-state index contributed by atoms with van der Waals surface area (Å²) in [6, 6.07) is 7.57. The largest absolute Gasteiger partial charge is 0.424 e. The Labute approximate surface area is 191 Å². The Hall–Kier alpha value is -3.45. The van der Waals surface area contributed by atoms with Crippen molar-refractivity contribution in [2.75, 3.05) is 0 Å². The van der Waals surface area contributed by atoms with Crippen molar-refractivity contribution in [1.29, 1.82) is 0 Å². The van der Waals surface area contributed by atoms with Crippen LogP contribution in [0, 0.1) is 5.82 Å². The van der Waals surface area contributed by atoms with E-state index in [4.69, 9.17) is 4.74 Å². The number of H-pyrrole nitrogens is 1. The molecule has 0 unspecified atom stereocenters. The van der Waals surface area contributed by atoms with Crippen LogP contribution in [0.25, 0.3) is 10.9 Å². The molecule has 0 saturated heterocycles. The van der Waals surface area contributed by atoms with Gasteiger partial charge in [0.1, 0.15) is 11.6 Å². The molecule has 0 aliphatic heterocycles. The van der Waals surface area contributed by atoms with Crippen molar-refractivity contribution < 1.29 is 30.7 Å². The summed E-state index contributed by atoms with van der Waals surface area (Å²) >= 11 is 0. The van der Waals surface area contributed by atoms with Crippen LogP contribution in [0.1, 0.15) is 31.3 Å². The quantitative estimate of drug-likeness (QED) is 0.358. The summed E-state index contributed by atoms with van der Waals surface area (Å²) in [6.07, 6.45) is -3.29. The van der Waals surface area contributed by atoms with E-state index in [0.717, 1.165) is 10.9 Å². The van der Waals surface area contributed by atoms with E-state index in [0.29, 0.717) is 24.4 Å². The zero-order valence-electron chi connectivity index (χ0n) is 17.9. The third-order valence-electron chi connectivity index (χ3n) is 5.05. The molecule has 0 fully saturated rings. The van der Waals surface area contributed by atoms with Crippen molar-refractivity contribution in [2.24, 2.45) is 0 Å². The highest BCUT2D eigenvalue weighted by Gasteiger charge is 2.38. The van der Waals surface area contributed by atoms with Crippen molar-refractivity contribution in [3.05, 3.63) is 65.9 Å². The molecule has 2 aromatic heterocycles. The highest BCUT2D eigenvalue weighted by molar-refractivity contribution is 7.89. The second-order valence-corrected chi connectivity index (χ2v) is 9.08. The molecule has 0 radical (unpaired) electrons. The highest BCUT2D eigenvalue weighted by Crippen LogP contribution is 2.35. The second kappa shape index (κ2) is 8.72. The van der Waals surface area contributed by atoms with Crippen LogP contribution < -0.4 is 9.46 Å². The fourth-order valence-electron chi connectivity index (χ4n) is 3.50. The lowest BCUT2D eigenvalue weighted by Crippen LogP contribution is -2.30. The number of nitrogens with zero attached hydrogens (tertiary/aromatic N) is 3. The minimum atomic E-state index is -5.07. The first-order valence-corrected chi connectivity index (χ1v) is 11.5. The van der Waals surface area contributed by atoms with Gasteiger partial charge in [-0.2, -0.15) is 13.2 Å². The van der Waals surface area contributed by atoms with Gasteiger partial charge in [-0.15, -0.1) is 5.10 Å². The summed E-state index contributed by atoms with van der Waals surface area (Å²) < 4.78 is 88.3. The Kier molecular flexibility index (Phi) is 6.08. The molecule has 180 valence electrons. The molecular formula is C21H19F4N5O3S. The van der Waals surface area contributed by atoms with Crippen LogP contribution in [-0.2, 0) is 22.7 Å². The van der Waals surface area contributed by atoms with Gasteiger partial charge >= 0.3 is 12.2 Å². The van der Waals surface area contributed by atoms with Crippen molar-refractivity contribution in [3.8, 4) is 11.8 Å². The van der Waals surface area contributed by atoms with Gasteiger partial charge < -0.3 is 9.72 Å². The molecule has 4 rings (SSSR count). The number of sulfonamides is 1. The van der Waals surface area contributed by atoms with Gasteiger partial charge in [0, 0.05) is 24.3 Å². The van der Waals surface area contributed by atoms with E-state index < -0.39 is 38.5 Å². The third-order valence-corrected chi connectivity index (χ3v) is 6.65. The molecule has 8 nitrogen and oxygen atoms in total. The van der Waals surface area contributed by atoms with Gasteiger partial charge in [0.2, 0.25) is 10.0 Å². The summed E-state index contributed by atoms with van der Waals surface area (Å²) in [4.78, 5) is 1.96. The number of alkyl halides is 3. The van der Waals surface area contributed by atoms with Crippen LogP contribution in [0.15, 0.2) is 53.6 Å². The first kappa shape index (κ1) is 23.7. The Bertz CT molecular complexity index is 1450. The number of rotatable bonds is 7. The number of benzene rings is 2. The second-order valence-electron chi connectivity index (χ2n) is 7.40. The maximum Gasteiger partial charge on any atom is 0.417 e. The van der Waals surface area contributed by atoms with Gasteiger partial charge in [0.15, 0.2) is 5.82 Å². The van der Waals surface area contributed by atoms with E-state index in [1.54, 1.807) is 25.3 Å². The molecule has 13 heteroatoms. The predicted molar refractivity (Wildman–Crippen MR) is 114 cm³/mol. The van der Waals surface area contributed by atoms with E-state index in [9.17, 15) is 26.0 Å². The van der Waals surface area contributed by atoms with Crippen molar-refractivity contribution in [2.45, 2.75) is 37.5 Å². The van der Waals surface area contributed by atoms with E-state index in [1.807, 2.05) is 12.1 Å². The van der Waals surface area contributed by atoms with Gasteiger partial charge in [0.25, 0.3) is 0 Å². The molecule has 4 aromatic rings. The molecule has 2 heterocycles. The first-order chi connectivity index (χ1) is 16.0. The number of ether oxygens (including phenoxy) is 1. The van der Waals surface area contributed by atoms with E-state index in [-0.39, 0.29) is 17.9 Å². The standard InChI is InChI=1S/C21H19F4N5O3S/c1-3-30-19(27-28-20(30)33-15-6-4-13-8-9-26-17(13)11-15)12(2)29-34(31,32)18-7-5-14(22)10-16(18)21(23,24)25/h4-12,26,29H,3H2,1-2H3/t12-/m1/s1. The molecule has 0 aliphatic rings. The van der Waals surface area contributed by atoms with Gasteiger partial charge in [-0.3, -0.25) is 4.57 Å². The fourth-order valence-corrected chi connectivity index (χ4v) is 4.91. The number of aromatic amines is 1. The third kappa shape index (κ3) is 4.61. The molecule has 0 bridgehead atoms. The van der Waals surface area contributed by atoms with Crippen LogP contribution in [0.2, 0.25) is 0 Å². The SMILES string of the molecule is CCn1c(Oc2ccc3cc[nH]c3c2)nnc1[C@@H](C)NS(=O)(=O)c1ccc(F)cc1C(F)(F)F. The van der Waals surface area contributed by atoms with E-state index >= 15 is 0 Å². The zero-order chi connectivity index (χ0) is 24.7. The molecule has 0 aliphatic carbocycles. The Morgan fingerprint density at radius 3 is 2.62 bits per heavy atom. The average molecular weight is 497 g/mol. The summed E-state index contributed by atoms with van der Waals surface area (Å²) in [5.74, 6) is -0.625. The van der Waals surface area contributed by atoms with Crippen molar-refractivity contribution in [3.63, 3.8) is 0 Å². The Morgan fingerprint density at radius 1 is 1.15 bits per heavy atom. The minimum absolute atomic E-state index is 0.0761. The maximum atomic E-state index is 13.4. The lowest BCUT2D eigenvalue weighted by Gasteiger charge is -2.18. The fraction of sp³-hybridized carbons (Fsp3) is 0.238. The molecule has 2 N–H and O–H groups in total. The zero-order valence-corrected chi connectivity index (χ0v) is 18.7. The molecule has 1 atom stereocenters. The van der Waals surface area contributed by atoms with Crippen LogP contribution in [0.3, 0.4) is 0 Å².